The van der Waals surface area contributed by atoms with Crippen LogP contribution in [0.25, 0.3) is 0 Å². The van der Waals surface area contributed by atoms with Crippen LogP contribution in [0.5, 0.6) is 0 Å². The van der Waals surface area contributed by atoms with Gasteiger partial charge in [-0.2, -0.15) is 0 Å². The number of sulfone groups is 1. The van der Waals surface area contributed by atoms with Gasteiger partial charge in [-0.15, -0.1) is 11.8 Å². The maximum atomic E-state index is 13.3. The largest absolute Gasteiger partial charge is 1.00 e. The smallest absolute Gasteiger partial charge is 0.548 e. The molecule has 5 aliphatic rings. The molecule has 5 heterocycles. The van der Waals surface area contributed by atoms with Gasteiger partial charge in [0.2, 0.25) is 11.8 Å². The predicted octanol–water partition coefficient (Wildman–Crippen LogP) is -5.66. The first kappa shape index (κ1) is 45.2. The minimum Gasteiger partial charge on any atom is -0.548 e. The van der Waals surface area contributed by atoms with Gasteiger partial charge in [0.05, 0.1) is 29.4 Å². The van der Waals surface area contributed by atoms with Crippen molar-refractivity contribution in [1.82, 2.24) is 30.2 Å². The number of imide groups is 1. The zero-order chi connectivity index (χ0) is 41.8. The van der Waals surface area contributed by atoms with E-state index in [1.54, 1.807) is 51.1 Å². The molecule has 7 amide bonds. The second-order valence-corrected chi connectivity index (χ2v) is 18.6. The van der Waals surface area contributed by atoms with E-state index < -0.39 is 108 Å². The second-order valence-electron chi connectivity index (χ2n) is 14.3. The van der Waals surface area contributed by atoms with Gasteiger partial charge in [-0.05, 0) is 40.2 Å². The molecular weight excluding hydrogens is 804 g/mol. The number of carbonyl (C=O) groups is 9. The number of esters is 1. The first-order valence-corrected chi connectivity index (χ1v) is 19.5. The summed E-state index contributed by atoms with van der Waals surface area (Å²) < 4.78 is 26.6. The van der Waals surface area contributed by atoms with Gasteiger partial charge in [-0.1, -0.05) is 30.3 Å². The van der Waals surface area contributed by atoms with Crippen LogP contribution in [0.2, 0.25) is 0 Å². The summed E-state index contributed by atoms with van der Waals surface area (Å²) in [4.78, 5) is 114. The van der Waals surface area contributed by atoms with Gasteiger partial charge >= 0.3 is 59.3 Å². The van der Waals surface area contributed by atoms with Crippen LogP contribution in [0.15, 0.2) is 42.0 Å². The number of carboxylic acid groups (broad SMARTS) is 2. The van der Waals surface area contributed by atoms with Crippen molar-refractivity contribution < 1.29 is 96.1 Å². The van der Waals surface area contributed by atoms with Crippen LogP contribution >= 0.6 is 11.8 Å². The standard InChI is InChI=1S/C23H27N5O7S.C11H13NO7S.Na/c1-4-26-10-11-27(19(32)18(26)31)22(35)25-13(12-8-6-5-7-9-12)16(29)24-14-17(30)28-15(21(33)34)23(2,3)36-20(14)28;1-11(2)7(10(15)16)12-8(14)5(4-6(13)19-3)9(12)20(11,17)18;/h5-9,13-15,20H,4,10-11H2,1-3H3,(H,24,29)(H,25,35)(H,33,34);4,7,9H,1-3H3,(H,15,16);/q;;+1/p-1/b;5-4-;/t13?,14-,15+,20-;7-,9+;/m00./s1. The monoisotopic (exact) mass is 842 g/mol. The molecule has 302 valence electrons. The Labute approximate surface area is 352 Å². The number of fused-ring (bicyclic) bond motifs is 2. The van der Waals surface area contributed by atoms with E-state index in [1.165, 1.54) is 35.4 Å². The Morgan fingerprint density at radius 3 is 2.14 bits per heavy atom. The zero-order valence-corrected chi connectivity index (χ0v) is 35.5. The number of benzene rings is 1. The first-order chi connectivity index (χ1) is 26.0. The summed E-state index contributed by atoms with van der Waals surface area (Å²) in [6.07, 6.45) is 0.773. The third-order valence-electron chi connectivity index (χ3n) is 10.2. The number of rotatable bonds is 8. The molecule has 0 bridgehead atoms. The van der Waals surface area contributed by atoms with E-state index in [0.717, 1.165) is 23.0 Å². The SMILES string of the molecule is CCN1CCN(C(=O)NC(C(=O)N[C@H]2C(=O)N3[C@H]2SC(C)(C)[C@H]3C(=O)O)c2ccccc2)C(=O)C1=O.COC(=O)/C=C1/C(=O)N2[C@@H](C(=O)[O-])C(C)(C)S(=O)(=O)[C@H]12.[Na+]. The van der Waals surface area contributed by atoms with Crippen LogP contribution in [-0.4, -0.2) is 152 Å². The number of urea groups is 1. The number of methoxy groups -OCH3 is 1. The molecule has 1 aromatic carbocycles. The normalized spacial score (nSPS) is 27.3. The first-order valence-electron chi connectivity index (χ1n) is 17.1. The molecule has 20 nitrogen and oxygen atoms in total. The molecule has 57 heavy (non-hydrogen) atoms. The van der Waals surface area contributed by atoms with E-state index in [2.05, 4.69) is 15.4 Å². The summed E-state index contributed by atoms with van der Waals surface area (Å²) in [7, 11) is -2.91. The Morgan fingerprint density at radius 2 is 1.60 bits per heavy atom. The third kappa shape index (κ3) is 7.64. The number of β-lactam (4-membered cyclic amide) rings is 2. The summed E-state index contributed by atoms with van der Waals surface area (Å²) in [5.41, 5.74) is 0.120. The summed E-state index contributed by atoms with van der Waals surface area (Å²) in [5, 5.41) is 23.9. The predicted molar refractivity (Wildman–Crippen MR) is 190 cm³/mol. The van der Waals surface area contributed by atoms with Crippen LogP contribution in [0.1, 0.15) is 46.2 Å². The average Bonchev–Trinajstić information content (AvgIpc) is 3.48. The van der Waals surface area contributed by atoms with Crippen molar-refractivity contribution in [1.29, 1.82) is 0 Å². The molecule has 1 unspecified atom stereocenters. The van der Waals surface area contributed by atoms with Crippen LogP contribution < -0.4 is 45.3 Å². The van der Waals surface area contributed by atoms with Gasteiger partial charge in [0, 0.05) is 30.5 Å². The van der Waals surface area contributed by atoms with E-state index in [1.807, 2.05) is 0 Å². The molecule has 23 heteroatoms. The van der Waals surface area contributed by atoms with Crippen LogP contribution in [0, 0.1) is 0 Å². The molecular formula is C34H39N6NaO14S2. The van der Waals surface area contributed by atoms with Gasteiger partial charge in [-0.3, -0.25) is 28.9 Å². The molecule has 5 fully saturated rings. The summed E-state index contributed by atoms with van der Waals surface area (Å²) in [6, 6.07) is 2.53. The molecule has 5 aliphatic heterocycles. The number of hydrogen-bond acceptors (Lipinski definition) is 14. The Bertz CT molecular complexity index is 2060. The molecule has 0 spiro atoms. The summed E-state index contributed by atoms with van der Waals surface area (Å²) >= 11 is 1.28. The Kier molecular flexibility index (Phi) is 13.0. The van der Waals surface area contributed by atoms with Gasteiger partial charge in [0.15, 0.2) is 15.2 Å². The fourth-order valence-electron chi connectivity index (χ4n) is 7.21. The molecule has 0 aromatic heterocycles. The third-order valence-corrected chi connectivity index (χ3v) is 14.6. The number of likely N-dealkylation sites (N-methyl/N-ethyl adjacent to an activating group) is 1. The summed E-state index contributed by atoms with van der Waals surface area (Å²) in [6.45, 7) is 8.10. The van der Waals surface area contributed by atoms with Crippen molar-refractivity contribution in [2.24, 2.45) is 0 Å². The van der Waals surface area contributed by atoms with Crippen molar-refractivity contribution in [3.8, 4) is 0 Å². The number of ether oxygens (including phenoxy) is 1. The van der Waals surface area contributed by atoms with Crippen molar-refractivity contribution >= 4 is 75.1 Å². The number of aliphatic carboxylic acids is 2. The Morgan fingerprint density at radius 1 is 0.982 bits per heavy atom. The number of carbonyl (C=O) groups excluding carboxylic acids is 8. The number of hydrogen-bond donors (Lipinski definition) is 3. The molecule has 1 aromatic rings. The summed E-state index contributed by atoms with van der Waals surface area (Å²) in [5.74, 6) is -7.46. The minimum absolute atomic E-state index is 0. The molecule has 3 N–H and O–H groups in total. The number of nitrogens with zero attached hydrogens (tertiary/aromatic N) is 4. The van der Waals surface area contributed by atoms with Gasteiger partial charge in [-0.25, -0.2) is 22.8 Å². The van der Waals surface area contributed by atoms with Crippen molar-refractivity contribution in [2.75, 3.05) is 26.7 Å². The molecule has 6 atom stereocenters. The van der Waals surface area contributed by atoms with Gasteiger partial charge in [0.1, 0.15) is 23.5 Å². The van der Waals surface area contributed by atoms with Crippen molar-refractivity contribution in [3.63, 3.8) is 0 Å². The van der Waals surface area contributed by atoms with E-state index in [4.69, 9.17) is 0 Å². The fourth-order valence-corrected chi connectivity index (χ4v) is 10.9. The molecule has 5 saturated heterocycles. The van der Waals surface area contributed by atoms with Gasteiger partial charge < -0.3 is 45.1 Å². The number of carboxylic acids is 2. The number of thioether (sulfide) groups is 1. The number of piperazine rings is 1. The van der Waals surface area contributed by atoms with E-state index in [-0.39, 0.29) is 48.2 Å². The maximum absolute atomic E-state index is 13.3. The molecule has 0 radical (unpaired) electrons. The van der Waals surface area contributed by atoms with E-state index in [9.17, 15) is 61.8 Å². The van der Waals surface area contributed by atoms with Crippen molar-refractivity contribution in [2.45, 2.75) is 79.0 Å². The van der Waals surface area contributed by atoms with E-state index in [0.29, 0.717) is 12.1 Å². The zero-order valence-electron chi connectivity index (χ0n) is 31.9. The van der Waals surface area contributed by atoms with Crippen LogP contribution in [-0.2, 0) is 52.9 Å². The number of amides is 7. The molecule has 0 saturated carbocycles. The van der Waals surface area contributed by atoms with Gasteiger partial charge in [0.25, 0.3) is 5.91 Å². The maximum Gasteiger partial charge on any atom is 1.00 e. The Hall–Kier alpha value is -4.51. The molecule has 6 rings (SSSR count). The average molecular weight is 843 g/mol. The topological polar surface area (TPSA) is 277 Å². The second kappa shape index (κ2) is 16.4. The molecule has 0 aliphatic carbocycles. The fraction of sp³-hybridized carbons (Fsp3) is 0.500. The van der Waals surface area contributed by atoms with Crippen molar-refractivity contribution in [3.05, 3.63) is 47.5 Å². The Balaban J connectivity index is 0.000000291. The van der Waals surface area contributed by atoms with Crippen LogP contribution in [0.3, 0.4) is 0 Å². The van der Waals surface area contributed by atoms with E-state index >= 15 is 0 Å². The van der Waals surface area contributed by atoms with Crippen LogP contribution in [0.4, 0.5) is 4.79 Å². The quantitative estimate of drug-likeness (QED) is 0.0724. The minimum atomic E-state index is -3.99. The number of nitrogens with one attached hydrogen (secondary N) is 2.